The SMILES string of the molecule is C[C@H](OC(=O)CCc1nc(-c2ccsc2)no1)C(=O)Nc1ccccc1-c1ccccc1. The summed E-state index contributed by atoms with van der Waals surface area (Å²) in [6.45, 7) is 1.54. The summed E-state index contributed by atoms with van der Waals surface area (Å²) in [7, 11) is 0. The minimum Gasteiger partial charge on any atom is -0.453 e. The number of ether oxygens (including phenoxy) is 1. The topological polar surface area (TPSA) is 94.3 Å². The van der Waals surface area contributed by atoms with Crippen LogP contribution in [0.4, 0.5) is 5.69 Å². The van der Waals surface area contributed by atoms with Crippen LogP contribution in [0, 0.1) is 0 Å². The molecule has 2 heterocycles. The van der Waals surface area contributed by atoms with Crippen LogP contribution in [0.3, 0.4) is 0 Å². The van der Waals surface area contributed by atoms with Crippen LogP contribution in [0.15, 0.2) is 75.9 Å². The van der Waals surface area contributed by atoms with E-state index in [-0.39, 0.29) is 12.8 Å². The number of hydrogen-bond acceptors (Lipinski definition) is 7. The number of carbonyl (C=O) groups excluding carboxylic acids is 2. The fourth-order valence-corrected chi connectivity index (χ4v) is 3.71. The minimum absolute atomic E-state index is 0.0312. The number of hydrogen-bond donors (Lipinski definition) is 1. The Kier molecular flexibility index (Phi) is 6.72. The van der Waals surface area contributed by atoms with Gasteiger partial charge in [-0.15, -0.1) is 0 Å². The molecule has 0 aliphatic heterocycles. The highest BCUT2D eigenvalue weighted by Crippen LogP contribution is 2.27. The number of benzene rings is 2. The Morgan fingerprint density at radius 3 is 2.62 bits per heavy atom. The Morgan fingerprint density at radius 1 is 1.06 bits per heavy atom. The van der Waals surface area contributed by atoms with Gasteiger partial charge in [-0.1, -0.05) is 53.7 Å². The summed E-state index contributed by atoms with van der Waals surface area (Å²) in [6, 6.07) is 19.1. The fraction of sp³-hybridized carbons (Fsp3) is 0.167. The van der Waals surface area contributed by atoms with Gasteiger partial charge in [-0.25, -0.2) is 0 Å². The Labute approximate surface area is 189 Å². The van der Waals surface area contributed by atoms with Gasteiger partial charge in [-0.05, 0) is 30.0 Å². The molecule has 8 heteroatoms. The molecular weight excluding hydrogens is 426 g/mol. The molecule has 2 aromatic heterocycles. The van der Waals surface area contributed by atoms with Crippen molar-refractivity contribution < 1.29 is 18.8 Å². The van der Waals surface area contributed by atoms with E-state index in [9.17, 15) is 9.59 Å². The van der Waals surface area contributed by atoms with Crippen molar-refractivity contribution in [1.82, 2.24) is 10.1 Å². The number of aryl methyl sites for hydroxylation is 1. The summed E-state index contributed by atoms with van der Waals surface area (Å²) in [4.78, 5) is 29.1. The summed E-state index contributed by atoms with van der Waals surface area (Å²) in [5.41, 5.74) is 3.39. The molecule has 1 atom stereocenters. The van der Waals surface area contributed by atoms with Crippen molar-refractivity contribution in [3.05, 3.63) is 77.3 Å². The molecule has 0 aliphatic rings. The van der Waals surface area contributed by atoms with Gasteiger partial charge in [0.25, 0.3) is 5.91 Å². The number of anilines is 1. The third-order valence-electron chi connectivity index (χ3n) is 4.74. The van der Waals surface area contributed by atoms with Crippen LogP contribution >= 0.6 is 11.3 Å². The molecule has 0 radical (unpaired) electrons. The lowest BCUT2D eigenvalue weighted by molar-refractivity contribution is -0.153. The number of amides is 1. The smallest absolute Gasteiger partial charge is 0.307 e. The summed E-state index contributed by atoms with van der Waals surface area (Å²) in [5, 5.41) is 10.6. The number of aromatic nitrogens is 2. The van der Waals surface area contributed by atoms with E-state index in [4.69, 9.17) is 9.26 Å². The Morgan fingerprint density at radius 2 is 1.84 bits per heavy atom. The molecule has 0 fully saturated rings. The van der Waals surface area contributed by atoms with Crippen LogP contribution in [-0.2, 0) is 20.7 Å². The number of carbonyl (C=O) groups is 2. The van der Waals surface area contributed by atoms with Gasteiger partial charge in [0.2, 0.25) is 11.7 Å². The second kappa shape index (κ2) is 10.0. The first kappa shape index (κ1) is 21.5. The van der Waals surface area contributed by atoms with Crippen LogP contribution < -0.4 is 5.32 Å². The zero-order chi connectivity index (χ0) is 22.3. The third-order valence-corrected chi connectivity index (χ3v) is 5.42. The van der Waals surface area contributed by atoms with E-state index in [1.165, 1.54) is 11.3 Å². The van der Waals surface area contributed by atoms with E-state index >= 15 is 0 Å². The zero-order valence-electron chi connectivity index (χ0n) is 17.4. The third kappa shape index (κ3) is 5.28. The lowest BCUT2D eigenvalue weighted by Crippen LogP contribution is -2.30. The van der Waals surface area contributed by atoms with Crippen molar-refractivity contribution >= 4 is 28.9 Å². The van der Waals surface area contributed by atoms with Crippen molar-refractivity contribution in [2.45, 2.75) is 25.9 Å². The fourth-order valence-electron chi connectivity index (χ4n) is 3.08. The highest BCUT2D eigenvalue weighted by molar-refractivity contribution is 7.08. The van der Waals surface area contributed by atoms with E-state index < -0.39 is 18.0 Å². The number of esters is 1. The normalized spacial score (nSPS) is 11.7. The number of thiophene rings is 1. The molecule has 4 rings (SSSR count). The van der Waals surface area contributed by atoms with Crippen LogP contribution in [0.1, 0.15) is 19.2 Å². The van der Waals surface area contributed by atoms with Crippen molar-refractivity contribution in [1.29, 1.82) is 0 Å². The largest absolute Gasteiger partial charge is 0.453 e. The number of nitrogens with zero attached hydrogens (tertiary/aromatic N) is 2. The van der Waals surface area contributed by atoms with Gasteiger partial charge in [0.05, 0.1) is 6.42 Å². The van der Waals surface area contributed by atoms with E-state index in [1.807, 2.05) is 71.4 Å². The number of para-hydroxylation sites is 1. The first-order valence-electron chi connectivity index (χ1n) is 10.1. The molecule has 0 unspecified atom stereocenters. The van der Waals surface area contributed by atoms with E-state index in [0.717, 1.165) is 16.7 Å². The molecule has 0 spiro atoms. The average molecular weight is 448 g/mol. The number of rotatable bonds is 8. The Bertz CT molecular complexity index is 1190. The maximum Gasteiger partial charge on any atom is 0.307 e. The van der Waals surface area contributed by atoms with Gasteiger partial charge in [0, 0.05) is 28.6 Å². The molecule has 0 saturated heterocycles. The van der Waals surface area contributed by atoms with Crippen molar-refractivity contribution in [3.63, 3.8) is 0 Å². The molecule has 0 saturated carbocycles. The molecule has 1 N–H and O–H groups in total. The van der Waals surface area contributed by atoms with E-state index in [0.29, 0.717) is 17.4 Å². The molecule has 0 bridgehead atoms. The second-order valence-corrected chi connectivity index (χ2v) is 7.84. The van der Waals surface area contributed by atoms with Crippen LogP contribution in [0.2, 0.25) is 0 Å². The predicted molar refractivity (Wildman–Crippen MR) is 122 cm³/mol. The summed E-state index contributed by atoms with van der Waals surface area (Å²) >= 11 is 1.54. The lowest BCUT2D eigenvalue weighted by atomic mass is 10.0. The van der Waals surface area contributed by atoms with Gasteiger partial charge in [-0.2, -0.15) is 16.3 Å². The molecule has 1 amide bonds. The van der Waals surface area contributed by atoms with Gasteiger partial charge in [0.15, 0.2) is 6.10 Å². The molecule has 2 aromatic carbocycles. The van der Waals surface area contributed by atoms with Crippen LogP contribution in [0.25, 0.3) is 22.5 Å². The maximum atomic E-state index is 12.6. The van der Waals surface area contributed by atoms with Gasteiger partial charge >= 0.3 is 5.97 Å². The molecule has 0 aliphatic carbocycles. The predicted octanol–water partition coefficient (Wildman–Crippen LogP) is 4.97. The highest BCUT2D eigenvalue weighted by atomic mass is 32.1. The standard InChI is InChI=1S/C24H21N3O4S/c1-16(24(29)25-20-10-6-5-9-19(20)17-7-3-2-4-8-17)30-22(28)12-11-21-26-23(27-31-21)18-13-14-32-15-18/h2-10,13-16H,11-12H2,1H3,(H,25,29)/t16-/m0/s1. The van der Waals surface area contributed by atoms with Crippen molar-refractivity contribution in [3.8, 4) is 22.5 Å². The number of nitrogens with one attached hydrogen (secondary N) is 1. The lowest BCUT2D eigenvalue weighted by Gasteiger charge is -2.15. The van der Waals surface area contributed by atoms with E-state index in [2.05, 4.69) is 15.5 Å². The monoisotopic (exact) mass is 447 g/mol. The first-order chi connectivity index (χ1) is 15.6. The zero-order valence-corrected chi connectivity index (χ0v) is 18.2. The maximum absolute atomic E-state index is 12.6. The van der Waals surface area contributed by atoms with Gasteiger partial charge in [0.1, 0.15) is 0 Å². The summed E-state index contributed by atoms with van der Waals surface area (Å²) in [6.07, 6.45) is -0.680. The Balaban J connectivity index is 1.31. The molecular formula is C24H21N3O4S. The van der Waals surface area contributed by atoms with Crippen LogP contribution in [-0.4, -0.2) is 28.1 Å². The van der Waals surface area contributed by atoms with E-state index in [1.54, 1.807) is 6.92 Å². The Hall–Kier alpha value is -3.78. The van der Waals surface area contributed by atoms with Gasteiger partial charge in [-0.3, -0.25) is 9.59 Å². The molecule has 4 aromatic rings. The van der Waals surface area contributed by atoms with Crippen molar-refractivity contribution in [2.24, 2.45) is 0 Å². The second-order valence-electron chi connectivity index (χ2n) is 7.06. The van der Waals surface area contributed by atoms with Gasteiger partial charge < -0.3 is 14.6 Å². The molecule has 32 heavy (non-hydrogen) atoms. The average Bonchev–Trinajstić information content (AvgIpc) is 3.51. The summed E-state index contributed by atoms with van der Waals surface area (Å²) < 4.78 is 10.5. The van der Waals surface area contributed by atoms with Crippen molar-refractivity contribution in [2.75, 3.05) is 5.32 Å². The molecule has 162 valence electrons. The minimum atomic E-state index is -0.949. The van der Waals surface area contributed by atoms with Crippen LogP contribution in [0.5, 0.6) is 0 Å². The highest BCUT2D eigenvalue weighted by Gasteiger charge is 2.20. The summed E-state index contributed by atoms with van der Waals surface area (Å²) in [5.74, 6) is -0.0879. The quantitative estimate of drug-likeness (QED) is 0.383. The molecule has 7 nitrogen and oxygen atoms in total. The first-order valence-corrected chi connectivity index (χ1v) is 11.0.